The Morgan fingerprint density at radius 2 is 1.41 bits per heavy atom. The summed E-state index contributed by atoms with van der Waals surface area (Å²) in [6, 6.07) is 18.8. The van der Waals surface area contributed by atoms with Crippen molar-refractivity contribution < 1.29 is 4.74 Å². The molecule has 1 nitrogen and oxygen atoms in total. The summed E-state index contributed by atoms with van der Waals surface area (Å²) in [5.74, 6) is 1.04. The van der Waals surface area contributed by atoms with E-state index in [1.807, 2.05) is 6.07 Å². The number of unbranched alkanes of at least 4 members (excludes halogenated alkanes) is 5. The molecule has 0 radical (unpaired) electrons. The van der Waals surface area contributed by atoms with Gasteiger partial charge in [-0.2, -0.15) is 0 Å². The molecule has 0 aromatic heterocycles. The smallest absolute Gasteiger partial charge is 0.122 e. The first kappa shape index (κ1) is 16.6. The van der Waals surface area contributed by atoms with Crippen molar-refractivity contribution in [3.05, 3.63) is 65.7 Å². The van der Waals surface area contributed by atoms with E-state index in [0.29, 0.717) is 6.61 Å². The zero-order chi connectivity index (χ0) is 15.5. The molecule has 0 saturated heterocycles. The third kappa shape index (κ3) is 5.93. The van der Waals surface area contributed by atoms with Gasteiger partial charge in [-0.15, -0.1) is 0 Å². The minimum absolute atomic E-state index is 0.647. The second-order valence-corrected chi connectivity index (χ2v) is 5.90. The number of aryl methyl sites for hydroxylation is 1. The Bertz CT molecular complexity index is 518. The highest BCUT2D eigenvalue weighted by molar-refractivity contribution is 5.33. The molecule has 2 aromatic carbocycles. The maximum Gasteiger partial charge on any atom is 0.122 e. The summed E-state index contributed by atoms with van der Waals surface area (Å²) in [6.07, 6.45) is 9.13. The SMILES string of the molecule is CCCCCCCCc1ccccc1OCc1ccccc1. The van der Waals surface area contributed by atoms with Crippen molar-refractivity contribution >= 4 is 0 Å². The van der Waals surface area contributed by atoms with Crippen LogP contribution >= 0.6 is 0 Å². The predicted molar refractivity (Wildman–Crippen MR) is 94.3 cm³/mol. The predicted octanol–water partition coefficient (Wildman–Crippen LogP) is 6.17. The standard InChI is InChI=1S/C21H28O/c1-2-3-4-5-6-10-15-20-16-11-12-17-21(20)22-18-19-13-8-7-9-14-19/h7-9,11-14,16-17H,2-6,10,15,18H2,1H3. The fraction of sp³-hybridized carbons (Fsp3) is 0.429. The summed E-state index contributed by atoms with van der Waals surface area (Å²) < 4.78 is 6.02. The van der Waals surface area contributed by atoms with Gasteiger partial charge in [0.2, 0.25) is 0 Å². The number of ether oxygens (including phenoxy) is 1. The zero-order valence-electron chi connectivity index (χ0n) is 13.8. The van der Waals surface area contributed by atoms with E-state index in [0.717, 1.165) is 12.2 Å². The van der Waals surface area contributed by atoms with Crippen LogP contribution in [-0.2, 0) is 13.0 Å². The number of para-hydroxylation sites is 1. The summed E-state index contributed by atoms with van der Waals surface area (Å²) >= 11 is 0. The van der Waals surface area contributed by atoms with Crippen LogP contribution in [0.4, 0.5) is 0 Å². The molecular weight excluding hydrogens is 268 g/mol. The maximum atomic E-state index is 6.02. The van der Waals surface area contributed by atoms with Crippen molar-refractivity contribution in [1.82, 2.24) is 0 Å². The van der Waals surface area contributed by atoms with Gasteiger partial charge in [-0.3, -0.25) is 0 Å². The molecule has 0 saturated carbocycles. The van der Waals surface area contributed by atoms with Gasteiger partial charge in [0.25, 0.3) is 0 Å². The van der Waals surface area contributed by atoms with Gasteiger partial charge in [0.15, 0.2) is 0 Å². The van der Waals surface area contributed by atoms with Crippen molar-refractivity contribution in [3.8, 4) is 5.75 Å². The van der Waals surface area contributed by atoms with Gasteiger partial charge in [-0.1, -0.05) is 87.6 Å². The highest BCUT2D eigenvalue weighted by atomic mass is 16.5. The number of rotatable bonds is 10. The van der Waals surface area contributed by atoms with Crippen molar-refractivity contribution in [1.29, 1.82) is 0 Å². The molecule has 0 amide bonds. The Hall–Kier alpha value is -1.76. The monoisotopic (exact) mass is 296 g/mol. The molecule has 0 aliphatic carbocycles. The van der Waals surface area contributed by atoms with Crippen LogP contribution in [0.3, 0.4) is 0 Å². The molecule has 22 heavy (non-hydrogen) atoms. The Morgan fingerprint density at radius 3 is 2.23 bits per heavy atom. The Balaban J connectivity index is 1.79. The Morgan fingerprint density at radius 1 is 0.727 bits per heavy atom. The van der Waals surface area contributed by atoms with Crippen molar-refractivity contribution in [2.24, 2.45) is 0 Å². The second kappa shape index (κ2) is 10.0. The lowest BCUT2D eigenvalue weighted by atomic mass is 10.0. The van der Waals surface area contributed by atoms with Gasteiger partial charge in [-0.05, 0) is 30.0 Å². The highest BCUT2D eigenvalue weighted by Gasteiger charge is 2.03. The van der Waals surface area contributed by atoms with Crippen LogP contribution < -0.4 is 4.74 Å². The molecule has 0 bridgehead atoms. The van der Waals surface area contributed by atoms with Crippen LogP contribution in [0.25, 0.3) is 0 Å². The van der Waals surface area contributed by atoms with Crippen LogP contribution in [-0.4, -0.2) is 0 Å². The fourth-order valence-corrected chi connectivity index (χ4v) is 2.68. The summed E-state index contributed by atoms with van der Waals surface area (Å²) in [5, 5.41) is 0. The van der Waals surface area contributed by atoms with E-state index in [1.54, 1.807) is 0 Å². The second-order valence-electron chi connectivity index (χ2n) is 5.90. The van der Waals surface area contributed by atoms with Gasteiger partial charge in [0.05, 0.1) is 0 Å². The Kier molecular flexibility index (Phi) is 7.59. The largest absolute Gasteiger partial charge is 0.489 e. The first-order chi connectivity index (χ1) is 10.9. The van der Waals surface area contributed by atoms with E-state index >= 15 is 0 Å². The summed E-state index contributed by atoms with van der Waals surface area (Å²) in [4.78, 5) is 0. The third-order valence-corrected chi connectivity index (χ3v) is 4.01. The summed E-state index contributed by atoms with van der Waals surface area (Å²) in [7, 11) is 0. The van der Waals surface area contributed by atoms with Crippen LogP contribution in [0.15, 0.2) is 54.6 Å². The third-order valence-electron chi connectivity index (χ3n) is 4.01. The number of benzene rings is 2. The molecule has 1 heteroatoms. The topological polar surface area (TPSA) is 9.23 Å². The van der Waals surface area contributed by atoms with Gasteiger partial charge >= 0.3 is 0 Å². The van der Waals surface area contributed by atoms with E-state index < -0.39 is 0 Å². The molecule has 0 atom stereocenters. The van der Waals surface area contributed by atoms with Gasteiger partial charge in [0.1, 0.15) is 12.4 Å². The van der Waals surface area contributed by atoms with E-state index in [4.69, 9.17) is 4.74 Å². The average molecular weight is 296 g/mol. The van der Waals surface area contributed by atoms with Gasteiger partial charge in [-0.25, -0.2) is 0 Å². The molecule has 0 aliphatic heterocycles. The first-order valence-electron chi connectivity index (χ1n) is 8.65. The fourth-order valence-electron chi connectivity index (χ4n) is 2.68. The molecule has 2 rings (SSSR count). The quantitative estimate of drug-likeness (QED) is 0.476. The molecule has 0 unspecified atom stereocenters. The van der Waals surface area contributed by atoms with E-state index in [1.165, 1.54) is 49.7 Å². The van der Waals surface area contributed by atoms with Crippen LogP contribution in [0.2, 0.25) is 0 Å². The lowest BCUT2D eigenvalue weighted by molar-refractivity contribution is 0.302. The number of hydrogen-bond acceptors (Lipinski definition) is 1. The molecular formula is C21H28O. The van der Waals surface area contributed by atoms with Gasteiger partial charge in [0, 0.05) is 0 Å². The van der Waals surface area contributed by atoms with Crippen molar-refractivity contribution in [2.45, 2.75) is 58.5 Å². The maximum absolute atomic E-state index is 6.02. The molecule has 2 aromatic rings. The molecule has 118 valence electrons. The van der Waals surface area contributed by atoms with Crippen molar-refractivity contribution in [2.75, 3.05) is 0 Å². The van der Waals surface area contributed by atoms with Crippen molar-refractivity contribution in [3.63, 3.8) is 0 Å². The summed E-state index contributed by atoms with van der Waals surface area (Å²) in [6.45, 7) is 2.91. The molecule has 0 aliphatic rings. The van der Waals surface area contributed by atoms with Crippen LogP contribution in [0.1, 0.15) is 56.6 Å². The van der Waals surface area contributed by atoms with E-state index in [9.17, 15) is 0 Å². The van der Waals surface area contributed by atoms with Crippen LogP contribution in [0.5, 0.6) is 5.75 Å². The van der Waals surface area contributed by atoms with Gasteiger partial charge < -0.3 is 4.74 Å². The van der Waals surface area contributed by atoms with E-state index in [-0.39, 0.29) is 0 Å². The minimum Gasteiger partial charge on any atom is -0.489 e. The van der Waals surface area contributed by atoms with E-state index in [2.05, 4.69) is 55.5 Å². The minimum atomic E-state index is 0.647. The molecule has 0 N–H and O–H groups in total. The lowest BCUT2D eigenvalue weighted by Gasteiger charge is -2.11. The zero-order valence-corrected chi connectivity index (χ0v) is 13.8. The molecule has 0 heterocycles. The lowest BCUT2D eigenvalue weighted by Crippen LogP contribution is -1.98. The van der Waals surface area contributed by atoms with Crippen LogP contribution in [0, 0.1) is 0 Å². The average Bonchev–Trinajstić information content (AvgIpc) is 2.58. The first-order valence-corrected chi connectivity index (χ1v) is 8.65. The number of hydrogen-bond donors (Lipinski definition) is 0. The molecule has 0 fully saturated rings. The normalized spacial score (nSPS) is 10.6. The highest BCUT2D eigenvalue weighted by Crippen LogP contribution is 2.22. The molecule has 0 spiro atoms. The Labute approximate surface area is 135 Å². The summed E-state index contributed by atoms with van der Waals surface area (Å²) in [5.41, 5.74) is 2.56.